The van der Waals surface area contributed by atoms with Crippen LogP contribution in [0.2, 0.25) is 0 Å². The monoisotopic (exact) mass is 129 g/mol. The molecule has 1 fully saturated rings. The molecule has 0 aromatic heterocycles. The molecule has 1 aliphatic carbocycles. The molecular weight excluding hydrogens is 114 g/mol. The summed E-state index contributed by atoms with van der Waals surface area (Å²) in [6.07, 6.45) is 4.79. The number of quaternary nitrogens is 1. The Bertz CT molecular complexity index is 89.6. The molecule has 0 bridgehead atoms. The highest BCUT2D eigenvalue weighted by molar-refractivity contribution is 4.67. The van der Waals surface area contributed by atoms with Crippen molar-refractivity contribution < 1.29 is 4.65 Å². The largest absolute Gasteiger partial charge is 0.633 e. The molecule has 0 aromatic rings. The van der Waals surface area contributed by atoms with Gasteiger partial charge in [0.1, 0.15) is 0 Å². The summed E-state index contributed by atoms with van der Waals surface area (Å²) in [5.41, 5.74) is 0. The highest BCUT2D eigenvalue weighted by Gasteiger charge is 2.23. The van der Waals surface area contributed by atoms with Crippen molar-refractivity contribution in [2.45, 2.75) is 31.7 Å². The minimum absolute atomic E-state index is 0.0833. The Hall–Kier alpha value is -0.0800. The molecule has 0 heterocycles. The first-order valence-electron chi connectivity index (χ1n) is 3.65. The van der Waals surface area contributed by atoms with Crippen LogP contribution in [-0.2, 0) is 0 Å². The lowest BCUT2D eigenvalue weighted by Crippen LogP contribution is -2.41. The third-order valence-electron chi connectivity index (χ3n) is 2.20. The molecular formula is C7H15NO. The lowest BCUT2D eigenvalue weighted by molar-refractivity contribution is -0.865. The fourth-order valence-electron chi connectivity index (χ4n) is 1.53. The summed E-state index contributed by atoms with van der Waals surface area (Å²) < 4.78 is -0.0833. The second-order valence-electron chi connectivity index (χ2n) is 3.37. The Kier molecular flexibility index (Phi) is 1.78. The number of rotatable bonds is 1. The van der Waals surface area contributed by atoms with E-state index in [-0.39, 0.29) is 4.65 Å². The Labute approximate surface area is 56.6 Å². The van der Waals surface area contributed by atoms with Gasteiger partial charge >= 0.3 is 0 Å². The van der Waals surface area contributed by atoms with Crippen LogP contribution in [0.4, 0.5) is 0 Å². The van der Waals surface area contributed by atoms with E-state index < -0.39 is 0 Å². The van der Waals surface area contributed by atoms with Gasteiger partial charge in [0.2, 0.25) is 0 Å². The van der Waals surface area contributed by atoms with Crippen LogP contribution >= 0.6 is 0 Å². The number of hydroxylamine groups is 3. The van der Waals surface area contributed by atoms with Gasteiger partial charge in [-0.25, -0.2) is 0 Å². The Morgan fingerprint density at radius 2 is 1.67 bits per heavy atom. The van der Waals surface area contributed by atoms with Crippen LogP contribution in [-0.4, -0.2) is 24.8 Å². The van der Waals surface area contributed by atoms with Gasteiger partial charge in [0.05, 0.1) is 20.1 Å². The summed E-state index contributed by atoms with van der Waals surface area (Å²) in [7, 11) is 3.49. The molecule has 0 aromatic carbocycles. The van der Waals surface area contributed by atoms with Crippen LogP contribution < -0.4 is 0 Å². The van der Waals surface area contributed by atoms with E-state index in [0.29, 0.717) is 6.04 Å². The molecule has 0 N–H and O–H groups in total. The summed E-state index contributed by atoms with van der Waals surface area (Å²) in [6.45, 7) is 0. The summed E-state index contributed by atoms with van der Waals surface area (Å²) in [6, 6.07) is 0.394. The van der Waals surface area contributed by atoms with Crippen LogP contribution in [0.25, 0.3) is 0 Å². The molecule has 0 saturated heterocycles. The topological polar surface area (TPSA) is 23.1 Å². The normalized spacial score (nSPS) is 23.0. The van der Waals surface area contributed by atoms with Crippen LogP contribution in [0.1, 0.15) is 25.7 Å². The van der Waals surface area contributed by atoms with Gasteiger partial charge in [-0.15, -0.1) is 0 Å². The minimum Gasteiger partial charge on any atom is -0.633 e. The van der Waals surface area contributed by atoms with Gasteiger partial charge in [-0.1, -0.05) is 0 Å². The van der Waals surface area contributed by atoms with Crippen molar-refractivity contribution in [2.75, 3.05) is 14.1 Å². The highest BCUT2D eigenvalue weighted by Crippen LogP contribution is 2.25. The fraction of sp³-hybridized carbons (Fsp3) is 1.00. The SMILES string of the molecule is C[N+](C)([O-])C1CCCC1. The summed E-state index contributed by atoms with van der Waals surface area (Å²) >= 11 is 0. The number of nitrogens with zero attached hydrogens (tertiary/aromatic N) is 1. The molecule has 0 atom stereocenters. The molecule has 0 radical (unpaired) electrons. The summed E-state index contributed by atoms with van der Waals surface area (Å²) in [4.78, 5) is 0. The predicted molar refractivity (Wildman–Crippen MR) is 37.7 cm³/mol. The summed E-state index contributed by atoms with van der Waals surface area (Å²) in [5, 5.41) is 11.2. The van der Waals surface area contributed by atoms with Gasteiger partial charge in [0, 0.05) is 0 Å². The quantitative estimate of drug-likeness (QED) is 0.388. The van der Waals surface area contributed by atoms with E-state index in [0.717, 1.165) is 12.8 Å². The van der Waals surface area contributed by atoms with Gasteiger partial charge in [-0.3, -0.25) is 0 Å². The van der Waals surface area contributed by atoms with Crippen LogP contribution in [0, 0.1) is 5.21 Å². The van der Waals surface area contributed by atoms with Crippen molar-refractivity contribution in [3.8, 4) is 0 Å². The van der Waals surface area contributed by atoms with Crippen molar-refractivity contribution in [2.24, 2.45) is 0 Å². The molecule has 0 aliphatic heterocycles. The van der Waals surface area contributed by atoms with Gasteiger partial charge < -0.3 is 9.85 Å². The number of hydrogen-bond acceptors (Lipinski definition) is 1. The Balaban J connectivity index is 2.42. The zero-order valence-electron chi connectivity index (χ0n) is 6.26. The molecule has 1 aliphatic rings. The number of hydrogen-bond donors (Lipinski definition) is 0. The molecule has 0 spiro atoms. The second kappa shape index (κ2) is 2.27. The molecule has 2 nitrogen and oxygen atoms in total. The zero-order valence-corrected chi connectivity index (χ0v) is 6.26. The molecule has 0 unspecified atom stereocenters. The summed E-state index contributed by atoms with van der Waals surface area (Å²) in [5.74, 6) is 0. The maximum atomic E-state index is 11.2. The first-order valence-corrected chi connectivity index (χ1v) is 3.65. The minimum atomic E-state index is -0.0833. The second-order valence-corrected chi connectivity index (χ2v) is 3.37. The Morgan fingerprint density at radius 1 is 1.22 bits per heavy atom. The van der Waals surface area contributed by atoms with E-state index in [2.05, 4.69) is 0 Å². The van der Waals surface area contributed by atoms with E-state index >= 15 is 0 Å². The zero-order chi connectivity index (χ0) is 6.91. The van der Waals surface area contributed by atoms with E-state index in [1.165, 1.54) is 12.8 Å². The fourth-order valence-corrected chi connectivity index (χ4v) is 1.53. The molecule has 1 saturated carbocycles. The van der Waals surface area contributed by atoms with Gasteiger partial charge in [0.15, 0.2) is 0 Å². The highest BCUT2D eigenvalue weighted by atomic mass is 16.5. The van der Waals surface area contributed by atoms with E-state index in [9.17, 15) is 5.21 Å². The standard InChI is InChI=1S/C7H15NO/c1-8(2,9)7-5-3-4-6-7/h7H,3-6H2,1-2H3. The molecule has 9 heavy (non-hydrogen) atoms. The van der Waals surface area contributed by atoms with Crippen molar-refractivity contribution in [1.29, 1.82) is 0 Å². The maximum absolute atomic E-state index is 11.2. The molecule has 2 heteroatoms. The van der Waals surface area contributed by atoms with E-state index in [1.54, 1.807) is 14.1 Å². The maximum Gasteiger partial charge on any atom is 0.0883 e. The van der Waals surface area contributed by atoms with Crippen molar-refractivity contribution >= 4 is 0 Å². The van der Waals surface area contributed by atoms with Crippen LogP contribution in [0.3, 0.4) is 0 Å². The Morgan fingerprint density at radius 3 is 1.89 bits per heavy atom. The van der Waals surface area contributed by atoms with Gasteiger partial charge in [-0.2, -0.15) is 0 Å². The lowest BCUT2D eigenvalue weighted by Gasteiger charge is -2.39. The predicted octanol–water partition coefficient (Wildman–Crippen LogP) is 1.50. The molecule has 54 valence electrons. The third-order valence-corrected chi connectivity index (χ3v) is 2.20. The molecule has 1 rings (SSSR count). The smallest absolute Gasteiger partial charge is 0.0883 e. The lowest BCUT2D eigenvalue weighted by atomic mass is 10.2. The van der Waals surface area contributed by atoms with E-state index in [4.69, 9.17) is 0 Å². The van der Waals surface area contributed by atoms with Crippen molar-refractivity contribution in [3.63, 3.8) is 0 Å². The van der Waals surface area contributed by atoms with Gasteiger partial charge in [0.25, 0.3) is 0 Å². The van der Waals surface area contributed by atoms with Crippen LogP contribution in [0.5, 0.6) is 0 Å². The third kappa shape index (κ3) is 1.66. The first-order chi connectivity index (χ1) is 4.11. The van der Waals surface area contributed by atoms with Crippen LogP contribution in [0.15, 0.2) is 0 Å². The average molecular weight is 129 g/mol. The van der Waals surface area contributed by atoms with Crippen molar-refractivity contribution in [1.82, 2.24) is 0 Å². The van der Waals surface area contributed by atoms with Gasteiger partial charge in [-0.05, 0) is 25.7 Å². The molecule has 0 amide bonds. The van der Waals surface area contributed by atoms with Crippen molar-refractivity contribution in [3.05, 3.63) is 5.21 Å². The van der Waals surface area contributed by atoms with E-state index in [1.807, 2.05) is 0 Å². The first kappa shape index (κ1) is 7.03. The average Bonchev–Trinajstić information content (AvgIpc) is 2.08.